The number of benzene rings is 2. The second kappa shape index (κ2) is 6.39. The molecule has 3 aromatic rings. The van der Waals surface area contributed by atoms with Gasteiger partial charge in [-0.15, -0.1) is 0 Å². The number of anilines is 1. The van der Waals surface area contributed by atoms with E-state index in [4.69, 9.17) is 9.15 Å². The van der Waals surface area contributed by atoms with Gasteiger partial charge >= 0.3 is 6.09 Å². The number of fused-ring (bicyclic) bond motifs is 1. The van der Waals surface area contributed by atoms with E-state index in [1.807, 2.05) is 37.3 Å². The second-order valence-corrected chi connectivity index (χ2v) is 4.96. The average molecular weight is 312 g/mol. The quantitative estimate of drug-likeness (QED) is 0.791. The van der Waals surface area contributed by atoms with Crippen molar-refractivity contribution in [3.05, 3.63) is 53.9 Å². The van der Waals surface area contributed by atoms with Crippen LogP contribution < -0.4 is 10.1 Å². The molecule has 2 aromatic carbocycles. The van der Waals surface area contributed by atoms with E-state index in [9.17, 15) is 4.79 Å². The number of hydrogen-bond donors (Lipinski definition) is 1. The minimum Gasteiger partial charge on any atom is -0.484 e. The first-order valence-corrected chi connectivity index (χ1v) is 7.08. The van der Waals surface area contributed by atoms with E-state index in [-0.39, 0.29) is 6.61 Å². The number of oxazole rings is 1. The largest absolute Gasteiger partial charge is 0.484 e. The molecule has 1 aromatic heterocycles. The van der Waals surface area contributed by atoms with Gasteiger partial charge in [-0.1, -0.05) is 12.1 Å². The number of hydrogen-bond acceptors (Lipinski definition) is 5. The molecule has 0 saturated heterocycles. The summed E-state index contributed by atoms with van der Waals surface area (Å²) in [5.74, 6) is 1.18. The van der Waals surface area contributed by atoms with Crippen LogP contribution in [0.4, 0.5) is 10.5 Å². The van der Waals surface area contributed by atoms with Gasteiger partial charge in [-0.3, -0.25) is 5.32 Å². The molecule has 1 amide bonds. The molecule has 0 unspecified atom stereocenters. The summed E-state index contributed by atoms with van der Waals surface area (Å²) in [6.45, 7) is 2.11. The lowest BCUT2D eigenvalue weighted by Gasteiger charge is -2.09. The van der Waals surface area contributed by atoms with Gasteiger partial charge in [0.15, 0.2) is 12.2 Å². The number of amides is 1. The molecule has 0 aliphatic carbocycles. The summed E-state index contributed by atoms with van der Waals surface area (Å²) < 4.78 is 15.9. The van der Waals surface area contributed by atoms with Crippen molar-refractivity contribution < 1.29 is 18.7 Å². The molecule has 0 aliphatic rings. The zero-order valence-corrected chi connectivity index (χ0v) is 12.8. The van der Waals surface area contributed by atoms with Crippen LogP contribution in [0.1, 0.15) is 11.5 Å². The molecule has 0 radical (unpaired) electrons. The van der Waals surface area contributed by atoms with Gasteiger partial charge in [0.05, 0.1) is 7.11 Å². The van der Waals surface area contributed by atoms with Gasteiger partial charge in [0.2, 0.25) is 5.89 Å². The van der Waals surface area contributed by atoms with Crippen molar-refractivity contribution in [2.24, 2.45) is 0 Å². The van der Waals surface area contributed by atoms with E-state index >= 15 is 0 Å². The van der Waals surface area contributed by atoms with E-state index in [1.54, 1.807) is 12.1 Å². The van der Waals surface area contributed by atoms with Crippen molar-refractivity contribution in [1.82, 2.24) is 4.98 Å². The minimum absolute atomic E-state index is 0.234. The fraction of sp³-hybridized carbons (Fsp3) is 0.176. The van der Waals surface area contributed by atoms with E-state index in [0.29, 0.717) is 17.3 Å². The molecular formula is C17H16N2O4. The van der Waals surface area contributed by atoms with Gasteiger partial charge in [0.1, 0.15) is 11.3 Å². The summed E-state index contributed by atoms with van der Waals surface area (Å²) in [7, 11) is 1.32. The molecule has 0 saturated carbocycles. The maximum Gasteiger partial charge on any atom is 0.411 e. The third kappa shape index (κ3) is 3.42. The van der Waals surface area contributed by atoms with Crippen LogP contribution in [-0.4, -0.2) is 18.2 Å². The van der Waals surface area contributed by atoms with Crippen LogP contribution in [-0.2, 0) is 11.3 Å². The van der Waals surface area contributed by atoms with E-state index < -0.39 is 6.09 Å². The number of carbonyl (C=O) groups excluding carboxylic acids is 1. The topological polar surface area (TPSA) is 73.6 Å². The summed E-state index contributed by atoms with van der Waals surface area (Å²) in [5, 5.41) is 2.63. The molecule has 0 spiro atoms. The molecule has 0 atom stereocenters. The van der Waals surface area contributed by atoms with Gasteiger partial charge < -0.3 is 13.9 Å². The Morgan fingerprint density at radius 1 is 1.26 bits per heavy atom. The number of nitrogens with one attached hydrogen (secondary N) is 1. The van der Waals surface area contributed by atoms with Crippen molar-refractivity contribution in [2.75, 3.05) is 12.4 Å². The predicted molar refractivity (Wildman–Crippen MR) is 85.5 cm³/mol. The second-order valence-electron chi connectivity index (χ2n) is 4.96. The first-order valence-electron chi connectivity index (χ1n) is 7.08. The predicted octanol–water partition coefficient (Wildman–Crippen LogP) is 3.89. The summed E-state index contributed by atoms with van der Waals surface area (Å²) >= 11 is 0. The Bertz CT molecular complexity index is 808. The van der Waals surface area contributed by atoms with Crippen LogP contribution in [0.5, 0.6) is 5.75 Å². The minimum atomic E-state index is -0.506. The van der Waals surface area contributed by atoms with Crippen molar-refractivity contribution in [3.63, 3.8) is 0 Å². The molecule has 1 heterocycles. The summed E-state index contributed by atoms with van der Waals surface area (Å²) in [4.78, 5) is 15.6. The van der Waals surface area contributed by atoms with E-state index in [1.165, 1.54) is 7.11 Å². The Labute approximate surface area is 133 Å². The van der Waals surface area contributed by atoms with Crippen LogP contribution in [0.25, 0.3) is 11.1 Å². The summed E-state index contributed by atoms with van der Waals surface area (Å²) in [6.07, 6.45) is -0.506. The monoisotopic (exact) mass is 312 g/mol. The highest BCUT2D eigenvalue weighted by Crippen LogP contribution is 2.23. The molecule has 23 heavy (non-hydrogen) atoms. The Balaban J connectivity index is 1.68. The lowest BCUT2D eigenvalue weighted by atomic mass is 10.2. The third-order valence-electron chi connectivity index (χ3n) is 3.32. The number of aromatic nitrogens is 1. The first kappa shape index (κ1) is 14.9. The van der Waals surface area contributed by atoms with E-state index in [0.717, 1.165) is 16.7 Å². The van der Waals surface area contributed by atoms with Crippen molar-refractivity contribution in [3.8, 4) is 5.75 Å². The molecule has 6 heteroatoms. The van der Waals surface area contributed by atoms with Crippen LogP contribution in [0, 0.1) is 6.92 Å². The van der Waals surface area contributed by atoms with Crippen LogP contribution >= 0.6 is 0 Å². The zero-order chi connectivity index (χ0) is 16.2. The normalized spacial score (nSPS) is 10.5. The van der Waals surface area contributed by atoms with Gasteiger partial charge in [0.25, 0.3) is 0 Å². The van der Waals surface area contributed by atoms with Crippen LogP contribution in [0.3, 0.4) is 0 Å². The lowest BCUT2D eigenvalue weighted by molar-refractivity contribution is 0.187. The Hall–Kier alpha value is -3.02. The van der Waals surface area contributed by atoms with Gasteiger partial charge in [0, 0.05) is 5.69 Å². The fourth-order valence-corrected chi connectivity index (χ4v) is 2.15. The molecule has 6 nitrogen and oxygen atoms in total. The molecule has 0 aliphatic heterocycles. The number of para-hydroxylation sites is 2. The number of carbonyl (C=O) groups is 1. The first-order chi connectivity index (χ1) is 11.2. The number of nitrogens with zero attached hydrogens (tertiary/aromatic N) is 1. The van der Waals surface area contributed by atoms with E-state index in [2.05, 4.69) is 15.0 Å². The zero-order valence-electron chi connectivity index (χ0n) is 12.8. The van der Waals surface area contributed by atoms with Crippen molar-refractivity contribution >= 4 is 22.9 Å². The number of methoxy groups -OCH3 is 1. The summed E-state index contributed by atoms with van der Waals surface area (Å²) in [6, 6.07) is 12.9. The highest BCUT2D eigenvalue weighted by atomic mass is 16.5. The summed E-state index contributed by atoms with van der Waals surface area (Å²) in [5.41, 5.74) is 3.08. The Morgan fingerprint density at radius 2 is 2.09 bits per heavy atom. The molecule has 1 N–H and O–H groups in total. The molecule has 0 bridgehead atoms. The molecule has 118 valence electrons. The smallest absolute Gasteiger partial charge is 0.411 e. The number of ether oxygens (including phenoxy) is 2. The van der Waals surface area contributed by atoms with Crippen molar-refractivity contribution in [2.45, 2.75) is 13.5 Å². The SMILES string of the molecule is COC(=O)Nc1ccc(OCc2nc3ccccc3o2)cc1C. The standard InChI is InChI=1S/C17H16N2O4/c1-11-9-12(7-8-13(11)19-17(20)21-2)22-10-16-18-14-5-3-4-6-15(14)23-16/h3-9H,10H2,1-2H3,(H,19,20). The molecule has 3 rings (SSSR count). The van der Waals surface area contributed by atoms with Crippen LogP contribution in [0.15, 0.2) is 46.9 Å². The molecular weight excluding hydrogens is 296 g/mol. The maximum atomic E-state index is 11.2. The highest BCUT2D eigenvalue weighted by Gasteiger charge is 2.08. The number of rotatable bonds is 4. The highest BCUT2D eigenvalue weighted by molar-refractivity contribution is 5.85. The van der Waals surface area contributed by atoms with Gasteiger partial charge in [-0.2, -0.15) is 0 Å². The lowest BCUT2D eigenvalue weighted by Crippen LogP contribution is -2.11. The molecule has 0 fully saturated rings. The Morgan fingerprint density at radius 3 is 2.83 bits per heavy atom. The maximum absolute atomic E-state index is 11.2. The van der Waals surface area contributed by atoms with Gasteiger partial charge in [-0.25, -0.2) is 9.78 Å². The van der Waals surface area contributed by atoms with Crippen molar-refractivity contribution in [1.29, 1.82) is 0 Å². The van der Waals surface area contributed by atoms with Crippen LogP contribution in [0.2, 0.25) is 0 Å². The fourth-order valence-electron chi connectivity index (χ4n) is 2.15. The number of aryl methyl sites for hydroxylation is 1. The third-order valence-corrected chi connectivity index (χ3v) is 3.32. The Kier molecular flexibility index (Phi) is 4.14. The van der Waals surface area contributed by atoms with Gasteiger partial charge in [-0.05, 0) is 42.8 Å². The average Bonchev–Trinajstić information content (AvgIpc) is 2.98.